The number of thiol groups is 2. The first-order valence-corrected chi connectivity index (χ1v) is 17.0. The Morgan fingerprint density at radius 1 is 1.16 bits per heavy atom. The van der Waals surface area contributed by atoms with Crippen LogP contribution in [-0.4, -0.2) is 88.0 Å². The van der Waals surface area contributed by atoms with Crippen molar-refractivity contribution < 1.29 is 41.8 Å². The maximum Gasteiger partial charge on any atom is 0.386 e. The van der Waals surface area contributed by atoms with E-state index in [4.69, 9.17) is 34.0 Å². The van der Waals surface area contributed by atoms with Crippen molar-refractivity contribution in [1.29, 1.82) is 0 Å². The molecule has 6 rings (SSSR count). The second-order valence-electron chi connectivity index (χ2n) is 10.4. The molecule has 1 aliphatic carbocycles. The fourth-order valence-corrected chi connectivity index (χ4v) is 7.74. The molecule has 9 atom stereocenters. The molecule has 4 aromatic heterocycles. The van der Waals surface area contributed by atoms with Gasteiger partial charge < -0.3 is 39.7 Å². The van der Waals surface area contributed by atoms with Crippen molar-refractivity contribution in [3.8, 4) is 0 Å². The fourth-order valence-electron chi connectivity index (χ4n) is 5.73. The summed E-state index contributed by atoms with van der Waals surface area (Å²) in [6.07, 6.45) is -2.69. The Morgan fingerprint density at radius 3 is 2.71 bits per heavy atom. The van der Waals surface area contributed by atoms with Crippen molar-refractivity contribution in [2.24, 2.45) is 5.92 Å². The molecule has 0 unspecified atom stereocenters. The van der Waals surface area contributed by atoms with Crippen LogP contribution < -0.4 is 17.0 Å². The summed E-state index contributed by atoms with van der Waals surface area (Å²) in [7, 11) is -0.665. The predicted octanol–water partition coefficient (Wildman–Crippen LogP) is 0.802. The van der Waals surface area contributed by atoms with Crippen molar-refractivity contribution >= 4 is 74.6 Å². The SMILES string of the molecule is Nc1nc2c(ncn2[C@@H]2O[C@H](COP=O)[C@@H](O)[C@H]2O[P@@](=O)(S)OC[C@H]2C[C@@H](n3ccc4c(N)ncnc43)[C@H](O)[C@@H]2OS)c(=O)[nH]1. The third-order valence-electron chi connectivity index (χ3n) is 7.79. The third-order valence-corrected chi connectivity index (χ3v) is 9.91. The van der Waals surface area contributed by atoms with Crippen molar-refractivity contribution in [1.82, 2.24) is 34.1 Å². The third kappa shape index (κ3) is 6.10. The number of nitrogens with one attached hydrogen (secondary N) is 1. The number of fused-ring (bicyclic) bond motifs is 2. The highest BCUT2D eigenvalue weighted by Gasteiger charge is 2.50. The predicted molar refractivity (Wildman–Crippen MR) is 162 cm³/mol. The summed E-state index contributed by atoms with van der Waals surface area (Å²) in [4.78, 5) is 31.0. The monoisotopic (exact) mass is 703 g/mol. The number of nitrogens with zero attached hydrogens (tertiary/aromatic N) is 6. The summed E-state index contributed by atoms with van der Waals surface area (Å²) < 4.78 is 54.9. The first-order valence-electron chi connectivity index (χ1n) is 13.2. The smallest absolute Gasteiger partial charge is 0.386 e. The van der Waals surface area contributed by atoms with Crippen LogP contribution in [0.5, 0.6) is 0 Å². The van der Waals surface area contributed by atoms with Crippen LogP contribution in [0.25, 0.3) is 22.2 Å². The van der Waals surface area contributed by atoms with E-state index in [1.54, 1.807) is 16.8 Å². The van der Waals surface area contributed by atoms with Crippen molar-refractivity contribution in [2.75, 3.05) is 24.7 Å². The van der Waals surface area contributed by atoms with Gasteiger partial charge in [-0.25, -0.2) is 24.1 Å². The number of hydrogen-bond acceptors (Lipinski definition) is 17. The number of rotatable bonds is 11. The highest BCUT2D eigenvalue weighted by molar-refractivity contribution is 8.44. The van der Waals surface area contributed by atoms with Gasteiger partial charge in [0.1, 0.15) is 48.3 Å². The maximum atomic E-state index is 13.6. The minimum atomic E-state index is -4.29. The van der Waals surface area contributed by atoms with Crippen LogP contribution in [0, 0.1) is 5.92 Å². The minimum Gasteiger partial charge on any atom is -0.388 e. The molecule has 0 radical (unpaired) electrons. The number of nitrogen functional groups attached to an aromatic ring is 2. The van der Waals surface area contributed by atoms with Crippen LogP contribution >= 0.6 is 40.6 Å². The van der Waals surface area contributed by atoms with E-state index in [-0.39, 0.29) is 36.1 Å². The lowest BCUT2D eigenvalue weighted by Crippen LogP contribution is -2.35. The largest absolute Gasteiger partial charge is 0.388 e. The molecule has 23 heteroatoms. The quantitative estimate of drug-likeness (QED) is 0.0647. The summed E-state index contributed by atoms with van der Waals surface area (Å²) >= 11 is 8.07. The molecule has 0 aromatic carbocycles. The van der Waals surface area contributed by atoms with Gasteiger partial charge in [0.25, 0.3) is 5.56 Å². The van der Waals surface area contributed by atoms with Gasteiger partial charge in [-0.2, -0.15) is 4.98 Å². The van der Waals surface area contributed by atoms with Gasteiger partial charge >= 0.3 is 15.5 Å². The van der Waals surface area contributed by atoms with Gasteiger partial charge in [0, 0.05) is 12.1 Å². The van der Waals surface area contributed by atoms with Crippen LogP contribution in [0.2, 0.25) is 0 Å². The molecule has 1 saturated heterocycles. The van der Waals surface area contributed by atoms with E-state index >= 15 is 0 Å². The van der Waals surface area contributed by atoms with Crippen molar-refractivity contribution in [3.63, 3.8) is 0 Å². The molecule has 0 spiro atoms. The van der Waals surface area contributed by atoms with E-state index in [2.05, 4.69) is 50.1 Å². The number of anilines is 2. The van der Waals surface area contributed by atoms with E-state index in [1.807, 2.05) is 0 Å². The van der Waals surface area contributed by atoms with E-state index in [1.165, 1.54) is 17.2 Å². The van der Waals surface area contributed by atoms with Crippen molar-refractivity contribution in [3.05, 3.63) is 35.3 Å². The first kappa shape index (κ1) is 32.3. The summed E-state index contributed by atoms with van der Waals surface area (Å²) in [5.74, 6) is -0.466. The number of nitrogens with two attached hydrogens (primary N) is 2. The Kier molecular flexibility index (Phi) is 9.21. The number of aliphatic hydroxyl groups excluding tert-OH is 2. The van der Waals surface area contributed by atoms with Crippen LogP contribution in [0.15, 0.2) is 29.7 Å². The van der Waals surface area contributed by atoms with E-state index < -0.39 is 69.8 Å². The Bertz CT molecular complexity index is 1830. The zero-order valence-electron chi connectivity index (χ0n) is 22.8. The topological polar surface area (TPSA) is 267 Å². The highest BCUT2D eigenvalue weighted by Crippen LogP contribution is 2.57. The molecule has 7 N–H and O–H groups in total. The standard InChI is InChI=1S/C22H27N9O10P2S2/c23-17-9-1-2-30(18(9)26-6-25-17)10-3-8(15(41-44)13(10)32)4-38-43(36,45)40-16-14(33)11(5-37-42-35)39-21(16)31-7-27-12-19(31)28-22(24)29-20(12)34/h1-2,6-8,10-11,13-16,21,32-33,44H,3-5H2,(H,36,45)(H2,23,25,26)(H3,24,28,29,34)/t8-,10-,11-,13+,14-,15-,16-,21-,43+/m1/s1. The van der Waals surface area contributed by atoms with Gasteiger partial charge in [-0.15, -0.1) is 0 Å². The van der Waals surface area contributed by atoms with E-state index in [0.29, 0.717) is 17.5 Å². The molecule has 2 fully saturated rings. The number of aromatic amines is 1. The molecular formula is C22H27N9O10P2S2. The summed E-state index contributed by atoms with van der Waals surface area (Å²) in [6, 6.07) is 1.20. The molecule has 19 nitrogen and oxygen atoms in total. The number of H-pyrrole nitrogens is 1. The summed E-state index contributed by atoms with van der Waals surface area (Å²) in [6.45, 7) is -4.88. The molecular weight excluding hydrogens is 676 g/mol. The fraction of sp³-hybridized carbons (Fsp3) is 0.500. The normalized spacial score (nSPS) is 30.0. The van der Waals surface area contributed by atoms with E-state index in [0.717, 1.165) is 0 Å². The number of aromatic nitrogens is 7. The second kappa shape index (κ2) is 12.8. The van der Waals surface area contributed by atoms with Crippen LogP contribution in [0.3, 0.4) is 0 Å². The van der Waals surface area contributed by atoms with Crippen LogP contribution in [0.4, 0.5) is 11.8 Å². The Balaban J connectivity index is 1.21. The maximum absolute atomic E-state index is 13.6. The molecule has 45 heavy (non-hydrogen) atoms. The zero-order chi connectivity index (χ0) is 32.0. The lowest BCUT2D eigenvalue weighted by Gasteiger charge is -2.26. The molecule has 4 aromatic rings. The van der Waals surface area contributed by atoms with Crippen LogP contribution in [-0.2, 0) is 31.6 Å². The Hall–Kier alpha value is -2.68. The lowest BCUT2D eigenvalue weighted by atomic mass is 10.1. The molecule has 0 amide bonds. The molecule has 1 saturated carbocycles. The number of ether oxygens (including phenoxy) is 1. The molecule has 1 aliphatic heterocycles. The van der Waals surface area contributed by atoms with Gasteiger partial charge in [-0.1, -0.05) is 12.2 Å². The number of hydrogen-bond donors (Lipinski definition) is 7. The van der Waals surface area contributed by atoms with Gasteiger partial charge in [-0.05, 0) is 25.4 Å². The Labute approximate surface area is 265 Å². The second-order valence-corrected chi connectivity index (χ2v) is 13.9. The van der Waals surface area contributed by atoms with Crippen LogP contribution in [0.1, 0.15) is 18.7 Å². The Morgan fingerprint density at radius 2 is 1.96 bits per heavy atom. The zero-order valence-corrected chi connectivity index (χ0v) is 26.4. The van der Waals surface area contributed by atoms with Gasteiger partial charge in [-0.3, -0.25) is 23.4 Å². The lowest BCUT2D eigenvalue weighted by molar-refractivity contribution is -0.0441. The van der Waals surface area contributed by atoms with E-state index in [9.17, 15) is 24.1 Å². The average Bonchev–Trinajstić information content (AvgIpc) is 3.76. The summed E-state index contributed by atoms with van der Waals surface area (Å²) in [5.41, 5.74) is 11.5. The minimum absolute atomic E-state index is 0.00944. The first-order chi connectivity index (χ1) is 21.5. The van der Waals surface area contributed by atoms with Gasteiger partial charge in [0.15, 0.2) is 17.4 Å². The average molecular weight is 704 g/mol. The van der Waals surface area contributed by atoms with Crippen molar-refractivity contribution in [2.45, 2.75) is 49.2 Å². The van der Waals surface area contributed by atoms with Gasteiger partial charge in [0.05, 0.1) is 31.0 Å². The number of aliphatic hydroxyl groups is 2. The highest BCUT2D eigenvalue weighted by atomic mass is 32.7. The molecule has 2 aliphatic rings. The molecule has 5 heterocycles. The molecule has 0 bridgehead atoms. The number of imidazole rings is 1. The molecule has 242 valence electrons. The summed E-state index contributed by atoms with van der Waals surface area (Å²) in [5, 5.41) is 22.8. The van der Waals surface area contributed by atoms with Gasteiger partial charge in [0.2, 0.25) is 5.95 Å².